The van der Waals surface area contributed by atoms with Gasteiger partial charge in [0.2, 0.25) is 0 Å². The van der Waals surface area contributed by atoms with Gasteiger partial charge in [-0.1, -0.05) is 35.9 Å². The summed E-state index contributed by atoms with van der Waals surface area (Å²) in [6, 6.07) is 15.7. The van der Waals surface area contributed by atoms with E-state index in [4.69, 9.17) is 11.6 Å². The molecule has 1 N–H and O–H groups in total. The van der Waals surface area contributed by atoms with E-state index in [0.717, 1.165) is 27.5 Å². The minimum absolute atomic E-state index is 0.209. The Balaban J connectivity index is 1.54. The molecular weight excluding hydrogens is 448 g/mol. The highest BCUT2D eigenvalue weighted by Crippen LogP contribution is 2.26. The molecule has 4 aromatic rings. The molecule has 1 amide bonds. The largest absolute Gasteiger partial charge is 0.465 e. The van der Waals surface area contributed by atoms with Gasteiger partial charge in [0, 0.05) is 52.7 Å². The fourth-order valence-electron chi connectivity index (χ4n) is 4.38. The third-order valence-corrected chi connectivity index (χ3v) is 6.23. The van der Waals surface area contributed by atoms with Crippen molar-refractivity contribution in [2.75, 3.05) is 0 Å². The zero-order valence-electron chi connectivity index (χ0n) is 19.6. The van der Waals surface area contributed by atoms with Crippen molar-refractivity contribution in [3.05, 3.63) is 83.9 Å². The van der Waals surface area contributed by atoms with Crippen LogP contribution in [-0.4, -0.2) is 42.4 Å². The Morgan fingerprint density at radius 3 is 2.53 bits per heavy atom. The van der Waals surface area contributed by atoms with Crippen molar-refractivity contribution < 1.29 is 9.90 Å². The highest BCUT2D eigenvalue weighted by molar-refractivity contribution is 6.30. The molecule has 0 fully saturated rings. The molecule has 176 valence electrons. The predicted octanol–water partition coefficient (Wildman–Crippen LogP) is 6.53. The second-order valence-electron chi connectivity index (χ2n) is 9.53. The van der Waals surface area contributed by atoms with Crippen LogP contribution in [0.25, 0.3) is 21.9 Å². The number of nitrogens with zero attached hydrogens (tertiary/aromatic N) is 4. The number of hydrogen-bond donors (Lipinski definition) is 1. The van der Waals surface area contributed by atoms with E-state index in [2.05, 4.69) is 28.3 Å². The van der Waals surface area contributed by atoms with Crippen LogP contribution in [0.15, 0.2) is 73.3 Å². The monoisotopic (exact) mass is 476 g/mol. The molecule has 0 aliphatic heterocycles. The molecule has 0 spiro atoms. The summed E-state index contributed by atoms with van der Waals surface area (Å²) in [4.78, 5) is 17.9. The number of carbonyl (C=O) groups is 1. The minimum Gasteiger partial charge on any atom is -0.465 e. The van der Waals surface area contributed by atoms with Crippen LogP contribution in [0.5, 0.6) is 0 Å². The molecule has 4 rings (SSSR count). The van der Waals surface area contributed by atoms with Gasteiger partial charge in [-0.2, -0.15) is 5.10 Å². The summed E-state index contributed by atoms with van der Waals surface area (Å²) in [6.45, 7) is 6.39. The van der Waals surface area contributed by atoms with Gasteiger partial charge < -0.3 is 10.0 Å². The molecule has 0 radical (unpaired) electrons. The molecule has 34 heavy (non-hydrogen) atoms. The Kier molecular flexibility index (Phi) is 6.89. The van der Waals surface area contributed by atoms with Crippen LogP contribution >= 0.6 is 11.6 Å². The van der Waals surface area contributed by atoms with E-state index in [1.54, 1.807) is 11.1 Å². The van der Waals surface area contributed by atoms with Crippen LogP contribution < -0.4 is 0 Å². The lowest BCUT2D eigenvalue weighted by Crippen LogP contribution is -2.52. The first kappa shape index (κ1) is 23.8. The van der Waals surface area contributed by atoms with Crippen molar-refractivity contribution in [1.82, 2.24) is 19.7 Å². The normalized spacial score (nSPS) is 12.6. The maximum Gasteiger partial charge on any atom is 0.407 e. The number of amides is 1. The van der Waals surface area contributed by atoms with Crippen molar-refractivity contribution in [2.24, 2.45) is 0 Å². The zero-order valence-corrected chi connectivity index (χ0v) is 20.4. The van der Waals surface area contributed by atoms with Crippen LogP contribution in [0.4, 0.5) is 4.79 Å². The van der Waals surface area contributed by atoms with Gasteiger partial charge in [-0.25, -0.2) is 4.79 Å². The summed E-state index contributed by atoms with van der Waals surface area (Å²) < 4.78 is 1.89. The van der Waals surface area contributed by atoms with Gasteiger partial charge in [-0.15, -0.1) is 0 Å². The van der Waals surface area contributed by atoms with Crippen molar-refractivity contribution in [2.45, 2.75) is 51.7 Å². The molecular formula is C27H29ClN4O2. The second-order valence-corrected chi connectivity index (χ2v) is 9.96. The lowest BCUT2D eigenvalue weighted by molar-refractivity contribution is 0.0652. The minimum atomic E-state index is -0.918. The van der Waals surface area contributed by atoms with E-state index in [9.17, 15) is 9.90 Å². The van der Waals surface area contributed by atoms with Crippen molar-refractivity contribution in [1.29, 1.82) is 0 Å². The Morgan fingerprint density at radius 1 is 1.06 bits per heavy atom. The molecule has 0 saturated carbocycles. The SMILES string of the molecule is CC(C)(C)N(C(=O)O)[C@H](CCn1cc(-c2ccc3cnccc3c2)cn1)Cc1ccc(Cl)cc1. The summed E-state index contributed by atoms with van der Waals surface area (Å²) in [5.41, 5.74) is 2.64. The predicted molar refractivity (Wildman–Crippen MR) is 136 cm³/mol. The number of fused-ring (bicyclic) bond motifs is 1. The van der Waals surface area contributed by atoms with E-state index < -0.39 is 11.6 Å². The van der Waals surface area contributed by atoms with Crippen molar-refractivity contribution in [3.8, 4) is 11.1 Å². The van der Waals surface area contributed by atoms with Crippen molar-refractivity contribution >= 4 is 28.5 Å². The molecule has 6 nitrogen and oxygen atoms in total. The highest BCUT2D eigenvalue weighted by Gasteiger charge is 2.33. The number of aryl methyl sites for hydroxylation is 1. The molecule has 0 unspecified atom stereocenters. The Hall–Kier alpha value is -3.38. The summed E-state index contributed by atoms with van der Waals surface area (Å²) in [5.74, 6) is 0. The lowest BCUT2D eigenvalue weighted by atomic mass is 9.96. The first-order chi connectivity index (χ1) is 16.2. The van der Waals surface area contributed by atoms with Gasteiger partial charge in [-0.3, -0.25) is 9.67 Å². The van der Waals surface area contributed by atoms with Crippen LogP contribution in [-0.2, 0) is 13.0 Å². The average molecular weight is 477 g/mol. The quantitative estimate of drug-likeness (QED) is 0.329. The summed E-state index contributed by atoms with van der Waals surface area (Å²) >= 11 is 6.04. The Bertz CT molecular complexity index is 1280. The number of rotatable bonds is 7. The number of aromatic nitrogens is 3. The van der Waals surface area contributed by atoms with E-state index in [1.165, 1.54) is 0 Å². The maximum absolute atomic E-state index is 12.2. The van der Waals surface area contributed by atoms with E-state index in [-0.39, 0.29) is 6.04 Å². The van der Waals surface area contributed by atoms with Crippen LogP contribution in [0.1, 0.15) is 32.8 Å². The molecule has 2 aromatic carbocycles. The van der Waals surface area contributed by atoms with Gasteiger partial charge in [-0.05, 0) is 74.4 Å². The molecule has 0 bridgehead atoms. The average Bonchev–Trinajstić information content (AvgIpc) is 3.26. The molecule has 2 heterocycles. The third-order valence-electron chi connectivity index (χ3n) is 5.98. The van der Waals surface area contributed by atoms with E-state index in [0.29, 0.717) is 24.4 Å². The fourth-order valence-corrected chi connectivity index (χ4v) is 4.51. The Morgan fingerprint density at radius 2 is 1.82 bits per heavy atom. The maximum atomic E-state index is 12.2. The lowest BCUT2D eigenvalue weighted by Gasteiger charge is -2.40. The fraction of sp³-hybridized carbons (Fsp3) is 0.296. The number of carboxylic acid groups (broad SMARTS) is 1. The number of benzene rings is 2. The first-order valence-electron chi connectivity index (χ1n) is 11.3. The summed E-state index contributed by atoms with van der Waals surface area (Å²) in [6.07, 6.45) is 7.84. The summed E-state index contributed by atoms with van der Waals surface area (Å²) in [5, 5.41) is 17.5. The summed E-state index contributed by atoms with van der Waals surface area (Å²) in [7, 11) is 0. The van der Waals surface area contributed by atoms with Gasteiger partial charge in [0.05, 0.1) is 6.20 Å². The van der Waals surface area contributed by atoms with Gasteiger partial charge in [0.25, 0.3) is 0 Å². The Labute approximate surface area is 204 Å². The number of halogens is 1. The number of pyridine rings is 1. The molecule has 0 aliphatic rings. The van der Waals surface area contributed by atoms with Gasteiger partial charge >= 0.3 is 6.09 Å². The smallest absolute Gasteiger partial charge is 0.407 e. The van der Waals surface area contributed by atoms with Gasteiger partial charge in [0.1, 0.15) is 0 Å². The van der Waals surface area contributed by atoms with Crippen molar-refractivity contribution in [3.63, 3.8) is 0 Å². The van der Waals surface area contributed by atoms with Gasteiger partial charge in [0.15, 0.2) is 0 Å². The third kappa shape index (κ3) is 5.57. The zero-order chi connectivity index (χ0) is 24.3. The van der Waals surface area contributed by atoms with Crippen LogP contribution in [0, 0.1) is 0 Å². The highest BCUT2D eigenvalue weighted by atomic mass is 35.5. The molecule has 0 aliphatic carbocycles. The standard InChI is InChI=1S/C27H29ClN4O2/c1-27(2,3)32(26(33)34)25(14-19-4-8-24(28)9-5-19)11-13-31-18-23(17-30-31)20-6-7-22-16-29-12-10-21(22)15-20/h4-10,12,15-18,25H,11,13-14H2,1-3H3,(H,33,34)/t25-/m1/s1. The van der Waals surface area contributed by atoms with Crippen LogP contribution in [0.2, 0.25) is 5.02 Å². The van der Waals surface area contributed by atoms with E-state index >= 15 is 0 Å². The molecule has 2 aromatic heterocycles. The molecule has 0 saturated heterocycles. The number of hydrogen-bond acceptors (Lipinski definition) is 3. The second kappa shape index (κ2) is 9.85. The van der Waals surface area contributed by atoms with E-state index in [1.807, 2.05) is 74.4 Å². The molecule has 1 atom stereocenters. The molecule has 7 heteroatoms. The van der Waals surface area contributed by atoms with Crippen LogP contribution in [0.3, 0.4) is 0 Å². The first-order valence-corrected chi connectivity index (χ1v) is 11.7. The topological polar surface area (TPSA) is 71.2 Å².